The van der Waals surface area contributed by atoms with Crippen LogP contribution in [0, 0.1) is 5.92 Å². The van der Waals surface area contributed by atoms with Crippen LogP contribution in [0.1, 0.15) is 50.7 Å². The van der Waals surface area contributed by atoms with Gasteiger partial charge in [0.1, 0.15) is 5.75 Å². The first-order valence-electron chi connectivity index (χ1n) is 11.8. The van der Waals surface area contributed by atoms with E-state index in [4.69, 9.17) is 0 Å². The second-order valence-corrected chi connectivity index (χ2v) is 9.79. The zero-order chi connectivity index (χ0) is 21.0. The number of nitrogens with zero attached hydrogens (tertiary/aromatic N) is 2. The Balaban J connectivity index is 1.50. The van der Waals surface area contributed by atoms with Crippen molar-refractivity contribution in [3.05, 3.63) is 65.7 Å². The number of benzene rings is 2. The Bertz CT molecular complexity index is 802. The summed E-state index contributed by atoms with van der Waals surface area (Å²) in [6.45, 7) is 10.9. The fraction of sp³-hybridized carbons (Fsp3) is 0.556. The van der Waals surface area contributed by atoms with Crippen molar-refractivity contribution in [2.75, 3.05) is 32.7 Å². The van der Waals surface area contributed by atoms with E-state index in [1.807, 2.05) is 12.1 Å². The van der Waals surface area contributed by atoms with Crippen LogP contribution in [0.5, 0.6) is 5.75 Å². The fourth-order valence-corrected chi connectivity index (χ4v) is 5.60. The van der Waals surface area contributed by atoms with Crippen molar-refractivity contribution < 1.29 is 5.11 Å². The molecule has 0 spiro atoms. The van der Waals surface area contributed by atoms with Crippen molar-refractivity contribution in [3.8, 4) is 5.75 Å². The quantitative estimate of drug-likeness (QED) is 0.694. The van der Waals surface area contributed by atoms with Gasteiger partial charge in [-0.25, -0.2) is 0 Å². The highest BCUT2D eigenvalue weighted by Crippen LogP contribution is 2.43. The van der Waals surface area contributed by atoms with Gasteiger partial charge in [-0.3, -0.25) is 4.90 Å². The van der Waals surface area contributed by atoms with Crippen LogP contribution in [0.3, 0.4) is 0 Å². The molecule has 0 unspecified atom stereocenters. The summed E-state index contributed by atoms with van der Waals surface area (Å²) in [5.41, 5.74) is 2.84. The molecule has 0 saturated carbocycles. The Labute approximate surface area is 182 Å². The van der Waals surface area contributed by atoms with Crippen LogP contribution in [0.25, 0.3) is 0 Å². The molecule has 0 radical (unpaired) electrons. The van der Waals surface area contributed by atoms with E-state index in [9.17, 15) is 5.11 Å². The third kappa shape index (κ3) is 4.90. The maximum absolute atomic E-state index is 10.1. The Morgan fingerprint density at radius 1 is 1.00 bits per heavy atom. The maximum Gasteiger partial charge on any atom is 0.115 e. The molecule has 2 fully saturated rings. The molecule has 3 heteroatoms. The first-order valence-corrected chi connectivity index (χ1v) is 11.8. The summed E-state index contributed by atoms with van der Waals surface area (Å²) in [6.07, 6.45) is 6.26. The SMILES string of the molecule is C[C@H]1CN(CCc2ccccc2)[C@H](CCN2CCCC2)C[C@@]1(C)c1cccc(O)c1. The molecule has 2 aliphatic rings. The minimum absolute atomic E-state index is 0.109. The molecule has 2 aliphatic heterocycles. The Morgan fingerprint density at radius 2 is 1.77 bits per heavy atom. The molecule has 2 saturated heterocycles. The second-order valence-electron chi connectivity index (χ2n) is 9.79. The zero-order valence-corrected chi connectivity index (χ0v) is 18.8. The molecule has 2 heterocycles. The molecule has 2 aromatic carbocycles. The summed E-state index contributed by atoms with van der Waals surface area (Å²) in [4.78, 5) is 5.41. The van der Waals surface area contributed by atoms with Gasteiger partial charge >= 0.3 is 0 Å². The van der Waals surface area contributed by atoms with Gasteiger partial charge in [0, 0.05) is 19.1 Å². The molecular formula is C27H38N2O. The number of rotatable bonds is 7. The molecule has 30 heavy (non-hydrogen) atoms. The molecule has 0 bridgehead atoms. The van der Waals surface area contributed by atoms with Gasteiger partial charge in [0.2, 0.25) is 0 Å². The lowest BCUT2D eigenvalue weighted by Gasteiger charge is -2.50. The molecular weight excluding hydrogens is 368 g/mol. The summed E-state index contributed by atoms with van der Waals surface area (Å²) in [5, 5.41) is 10.1. The first-order chi connectivity index (χ1) is 14.5. The summed E-state index contributed by atoms with van der Waals surface area (Å²) in [6, 6.07) is 19.5. The Hall–Kier alpha value is -1.84. The molecule has 0 aromatic heterocycles. The summed E-state index contributed by atoms with van der Waals surface area (Å²) in [5.74, 6) is 0.944. The van der Waals surface area contributed by atoms with Gasteiger partial charge in [-0.15, -0.1) is 0 Å². The smallest absolute Gasteiger partial charge is 0.115 e. The predicted octanol–water partition coefficient (Wildman–Crippen LogP) is 5.09. The van der Waals surface area contributed by atoms with Gasteiger partial charge in [0.05, 0.1) is 0 Å². The lowest BCUT2D eigenvalue weighted by molar-refractivity contribution is 0.0463. The van der Waals surface area contributed by atoms with E-state index in [0.29, 0.717) is 17.7 Å². The fourth-order valence-electron chi connectivity index (χ4n) is 5.60. The van der Waals surface area contributed by atoms with Crippen molar-refractivity contribution in [1.82, 2.24) is 9.80 Å². The number of phenolic OH excluding ortho intramolecular Hbond substituents is 1. The van der Waals surface area contributed by atoms with Gasteiger partial charge in [0.25, 0.3) is 0 Å². The highest BCUT2D eigenvalue weighted by molar-refractivity contribution is 5.34. The molecule has 1 N–H and O–H groups in total. The molecule has 2 aromatic rings. The zero-order valence-electron chi connectivity index (χ0n) is 18.8. The molecule has 0 aliphatic carbocycles. The van der Waals surface area contributed by atoms with E-state index >= 15 is 0 Å². The van der Waals surface area contributed by atoms with Crippen molar-refractivity contribution in [2.24, 2.45) is 5.92 Å². The average Bonchev–Trinajstić information content (AvgIpc) is 3.28. The van der Waals surface area contributed by atoms with Gasteiger partial charge < -0.3 is 10.0 Å². The van der Waals surface area contributed by atoms with Crippen molar-refractivity contribution >= 4 is 0 Å². The normalized spacial score (nSPS) is 28.1. The third-order valence-electron chi connectivity index (χ3n) is 7.79. The van der Waals surface area contributed by atoms with E-state index in [1.54, 1.807) is 6.07 Å². The largest absolute Gasteiger partial charge is 0.508 e. The monoisotopic (exact) mass is 406 g/mol. The van der Waals surface area contributed by atoms with E-state index in [2.05, 4.69) is 60.0 Å². The minimum Gasteiger partial charge on any atom is -0.508 e. The highest BCUT2D eigenvalue weighted by Gasteiger charge is 2.42. The first kappa shape index (κ1) is 21.4. The number of likely N-dealkylation sites (tertiary alicyclic amines) is 2. The van der Waals surface area contributed by atoms with Crippen LogP contribution in [-0.2, 0) is 11.8 Å². The maximum atomic E-state index is 10.1. The Morgan fingerprint density at radius 3 is 2.50 bits per heavy atom. The van der Waals surface area contributed by atoms with Gasteiger partial charge in [-0.2, -0.15) is 0 Å². The predicted molar refractivity (Wildman–Crippen MR) is 125 cm³/mol. The Kier molecular flexibility index (Phi) is 6.80. The van der Waals surface area contributed by atoms with E-state index in [1.165, 1.54) is 56.4 Å². The molecule has 162 valence electrons. The molecule has 3 nitrogen and oxygen atoms in total. The lowest BCUT2D eigenvalue weighted by atomic mass is 9.65. The van der Waals surface area contributed by atoms with Crippen LogP contribution in [-0.4, -0.2) is 53.7 Å². The van der Waals surface area contributed by atoms with Crippen molar-refractivity contribution in [1.29, 1.82) is 0 Å². The minimum atomic E-state index is 0.109. The van der Waals surface area contributed by atoms with Crippen molar-refractivity contribution in [3.63, 3.8) is 0 Å². The number of piperidine rings is 1. The van der Waals surface area contributed by atoms with Gasteiger partial charge in [0.15, 0.2) is 0 Å². The van der Waals surface area contributed by atoms with E-state index in [-0.39, 0.29) is 5.41 Å². The topological polar surface area (TPSA) is 26.7 Å². The van der Waals surface area contributed by atoms with Gasteiger partial charge in [-0.1, -0.05) is 56.3 Å². The molecule has 4 rings (SSSR count). The summed E-state index contributed by atoms with van der Waals surface area (Å²) >= 11 is 0. The van der Waals surface area contributed by atoms with E-state index < -0.39 is 0 Å². The van der Waals surface area contributed by atoms with E-state index in [0.717, 1.165) is 19.5 Å². The van der Waals surface area contributed by atoms with Crippen LogP contribution in [0.2, 0.25) is 0 Å². The molecule has 3 atom stereocenters. The van der Waals surface area contributed by atoms with Crippen LogP contribution < -0.4 is 0 Å². The number of hydrogen-bond acceptors (Lipinski definition) is 3. The van der Waals surface area contributed by atoms with Crippen molar-refractivity contribution in [2.45, 2.75) is 57.4 Å². The lowest BCUT2D eigenvalue weighted by Crippen LogP contribution is -2.54. The second kappa shape index (κ2) is 9.53. The number of aromatic hydroxyl groups is 1. The third-order valence-corrected chi connectivity index (χ3v) is 7.79. The summed E-state index contributed by atoms with van der Waals surface area (Å²) < 4.78 is 0. The number of hydrogen-bond donors (Lipinski definition) is 1. The van der Waals surface area contributed by atoms with Crippen LogP contribution in [0.4, 0.5) is 0 Å². The standard InChI is InChI=1S/C27H38N2O/c1-22-21-29(18-13-23-9-4-3-5-10-23)25(14-17-28-15-6-7-16-28)20-27(22,2)24-11-8-12-26(30)19-24/h3-5,8-12,19,22,25,30H,6-7,13-18,20-21H2,1-2H3/t22-,25+,27+/m0/s1. The van der Waals surface area contributed by atoms with Crippen LogP contribution in [0.15, 0.2) is 54.6 Å². The van der Waals surface area contributed by atoms with Gasteiger partial charge in [-0.05, 0) is 86.3 Å². The van der Waals surface area contributed by atoms with Crippen LogP contribution >= 0.6 is 0 Å². The molecule has 0 amide bonds. The number of phenols is 1. The summed E-state index contributed by atoms with van der Waals surface area (Å²) in [7, 11) is 0. The highest BCUT2D eigenvalue weighted by atomic mass is 16.3. The average molecular weight is 407 g/mol.